The molecule has 5 aliphatic carbocycles. The zero-order valence-corrected chi connectivity index (χ0v) is 14.3. The summed E-state index contributed by atoms with van der Waals surface area (Å²) in [7, 11) is 0. The van der Waals surface area contributed by atoms with Crippen molar-refractivity contribution in [3.05, 3.63) is 11.6 Å². The van der Waals surface area contributed by atoms with Gasteiger partial charge in [0.2, 0.25) is 0 Å². The van der Waals surface area contributed by atoms with Crippen LogP contribution < -0.4 is 0 Å². The highest BCUT2D eigenvalue weighted by molar-refractivity contribution is 5.91. The summed E-state index contributed by atoms with van der Waals surface area (Å²) in [4.78, 5) is 11.9. The molecular weight excluding hydrogens is 282 g/mol. The molecule has 2 nitrogen and oxygen atoms in total. The Bertz CT molecular complexity index is 657. The topological polar surface area (TPSA) is 40.9 Å². The van der Waals surface area contributed by atoms with Crippen LogP contribution in [0.3, 0.4) is 0 Å². The third kappa shape index (κ3) is 1.62. The molecule has 5 rings (SSSR count). The molecule has 0 unspecified atom stereocenters. The minimum atomic E-state index is -0.119. The van der Waals surface area contributed by atoms with E-state index in [1.165, 1.54) is 31.3 Å². The van der Waals surface area contributed by atoms with E-state index in [0.29, 0.717) is 11.7 Å². The predicted molar refractivity (Wildman–Crippen MR) is 88.2 cm³/mol. The molecule has 0 aromatic heterocycles. The summed E-state index contributed by atoms with van der Waals surface area (Å²) in [5, 5.41) is 9.82. The molecule has 122 valence electrons. The molecule has 0 aromatic carbocycles. The molecule has 0 saturated heterocycles. The normalized spacial score (nSPS) is 56.6. The number of nitriles is 1. The van der Waals surface area contributed by atoms with Crippen LogP contribution in [0.2, 0.25) is 0 Å². The lowest BCUT2D eigenvalue weighted by Gasteiger charge is -2.55. The van der Waals surface area contributed by atoms with Crippen molar-refractivity contribution in [2.45, 2.75) is 58.8 Å². The Labute approximate surface area is 139 Å². The molecule has 0 aromatic rings. The summed E-state index contributed by atoms with van der Waals surface area (Å²) >= 11 is 0. The van der Waals surface area contributed by atoms with Gasteiger partial charge in [0.1, 0.15) is 0 Å². The Kier molecular flexibility index (Phi) is 2.66. The smallest absolute Gasteiger partial charge is 0.155 e. The van der Waals surface area contributed by atoms with E-state index >= 15 is 0 Å². The summed E-state index contributed by atoms with van der Waals surface area (Å²) in [6, 6.07) is 2.71. The zero-order valence-electron chi connectivity index (χ0n) is 14.3. The molecule has 8 atom stereocenters. The van der Waals surface area contributed by atoms with E-state index in [0.717, 1.165) is 48.9 Å². The van der Waals surface area contributed by atoms with Crippen LogP contribution in [0.25, 0.3) is 0 Å². The van der Waals surface area contributed by atoms with Gasteiger partial charge in [0.25, 0.3) is 0 Å². The Morgan fingerprint density at radius 2 is 1.96 bits per heavy atom. The van der Waals surface area contributed by atoms with Crippen molar-refractivity contribution < 1.29 is 4.79 Å². The molecule has 0 heterocycles. The van der Waals surface area contributed by atoms with Gasteiger partial charge in [-0.2, -0.15) is 5.26 Å². The molecule has 4 saturated carbocycles. The van der Waals surface area contributed by atoms with Crippen molar-refractivity contribution in [1.82, 2.24) is 0 Å². The third-order valence-corrected chi connectivity index (χ3v) is 8.97. The first kappa shape index (κ1) is 14.3. The van der Waals surface area contributed by atoms with Crippen LogP contribution >= 0.6 is 0 Å². The van der Waals surface area contributed by atoms with E-state index in [-0.39, 0.29) is 10.8 Å². The number of rotatable bonds is 0. The first-order valence-corrected chi connectivity index (χ1v) is 9.64. The highest BCUT2D eigenvalue weighted by atomic mass is 16.1. The molecule has 4 fully saturated rings. The molecule has 0 spiro atoms. The molecular formula is C21H27NO. The highest BCUT2D eigenvalue weighted by Crippen LogP contribution is 2.73. The summed E-state index contributed by atoms with van der Waals surface area (Å²) in [5.41, 5.74) is 1.64. The van der Waals surface area contributed by atoms with Crippen molar-refractivity contribution >= 4 is 5.78 Å². The Morgan fingerprint density at radius 1 is 1.13 bits per heavy atom. The van der Waals surface area contributed by atoms with E-state index in [1.54, 1.807) is 0 Å². The van der Waals surface area contributed by atoms with Gasteiger partial charge in [0.05, 0.1) is 11.5 Å². The van der Waals surface area contributed by atoms with Crippen molar-refractivity contribution in [1.29, 1.82) is 5.26 Å². The zero-order chi connectivity index (χ0) is 16.0. The van der Waals surface area contributed by atoms with Crippen LogP contribution in [-0.2, 0) is 4.79 Å². The molecule has 0 N–H and O–H groups in total. The van der Waals surface area contributed by atoms with Crippen LogP contribution in [0.1, 0.15) is 58.8 Å². The fourth-order valence-electron chi connectivity index (χ4n) is 7.46. The van der Waals surface area contributed by atoms with E-state index in [2.05, 4.69) is 19.9 Å². The van der Waals surface area contributed by atoms with Gasteiger partial charge in [-0.25, -0.2) is 0 Å². The molecule has 0 aliphatic heterocycles. The average molecular weight is 309 g/mol. The lowest BCUT2D eigenvalue weighted by molar-refractivity contribution is -0.116. The second-order valence-electron chi connectivity index (χ2n) is 9.55. The van der Waals surface area contributed by atoms with E-state index in [1.807, 2.05) is 6.08 Å². The average Bonchev–Trinajstić information content (AvgIpc) is 3.29. The van der Waals surface area contributed by atoms with Gasteiger partial charge in [-0.1, -0.05) is 12.5 Å². The maximum Gasteiger partial charge on any atom is 0.155 e. The first-order chi connectivity index (χ1) is 11.0. The summed E-state index contributed by atoms with van der Waals surface area (Å²) in [5.74, 6) is 5.02. The van der Waals surface area contributed by atoms with Gasteiger partial charge in [-0.3, -0.25) is 4.79 Å². The van der Waals surface area contributed by atoms with E-state index < -0.39 is 0 Å². The predicted octanol–water partition coefficient (Wildman–Crippen LogP) is 4.51. The van der Waals surface area contributed by atoms with Crippen LogP contribution in [-0.4, -0.2) is 5.78 Å². The van der Waals surface area contributed by atoms with Crippen molar-refractivity contribution in [2.24, 2.45) is 46.3 Å². The molecule has 2 heteroatoms. The van der Waals surface area contributed by atoms with Gasteiger partial charge in [-0.05, 0) is 92.4 Å². The number of ketones is 1. The molecule has 0 radical (unpaired) electrons. The third-order valence-electron chi connectivity index (χ3n) is 8.97. The van der Waals surface area contributed by atoms with Crippen LogP contribution in [0.15, 0.2) is 11.6 Å². The minimum Gasteiger partial charge on any atom is -0.295 e. The second kappa shape index (κ2) is 4.29. The van der Waals surface area contributed by atoms with Crippen LogP contribution in [0.5, 0.6) is 0 Å². The number of fused-ring (bicyclic) bond motifs is 8. The summed E-state index contributed by atoms with van der Waals surface area (Å²) in [6.45, 7) is 4.66. The van der Waals surface area contributed by atoms with Crippen LogP contribution in [0.4, 0.5) is 0 Å². The Morgan fingerprint density at radius 3 is 2.74 bits per heavy atom. The van der Waals surface area contributed by atoms with Gasteiger partial charge in [0, 0.05) is 6.42 Å². The van der Waals surface area contributed by atoms with Gasteiger partial charge in [-0.15, -0.1) is 0 Å². The van der Waals surface area contributed by atoms with Gasteiger partial charge < -0.3 is 0 Å². The van der Waals surface area contributed by atoms with E-state index in [9.17, 15) is 10.1 Å². The largest absolute Gasteiger partial charge is 0.295 e. The number of allylic oxidation sites excluding steroid dienone is 1. The number of hydrogen-bond donors (Lipinski definition) is 0. The maximum absolute atomic E-state index is 11.9. The SMILES string of the molecule is C[C@]1(C#N)CC[C@H]2[C@@H]3[C@@H]4C[C@@H]4C4=CC(=O)CC[C@@H]4[C@H]3CC[C@@]21C. The number of carbonyl (C=O) groups excluding carboxylic acids is 1. The summed E-state index contributed by atoms with van der Waals surface area (Å²) in [6.07, 6.45) is 10.1. The highest BCUT2D eigenvalue weighted by Gasteiger charge is 2.67. The lowest BCUT2D eigenvalue weighted by Crippen LogP contribution is -2.49. The number of nitrogens with zero attached hydrogens (tertiary/aromatic N) is 1. The monoisotopic (exact) mass is 309 g/mol. The first-order valence-electron chi connectivity index (χ1n) is 9.64. The Balaban J connectivity index is 1.54. The molecule has 0 bridgehead atoms. The molecule has 23 heavy (non-hydrogen) atoms. The van der Waals surface area contributed by atoms with Crippen molar-refractivity contribution in [2.75, 3.05) is 0 Å². The Hall–Kier alpha value is -1.10. The van der Waals surface area contributed by atoms with Crippen molar-refractivity contribution in [3.8, 4) is 6.07 Å². The quantitative estimate of drug-likeness (QED) is 0.660. The van der Waals surface area contributed by atoms with Crippen LogP contribution in [0, 0.1) is 57.7 Å². The maximum atomic E-state index is 11.9. The second-order valence-corrected chi connectivity index (χ2v) is 9.55. The van der Waals surface area contributed by atoms with Crippen molar-refractivity contribution in [3.63, 3.8) is 0 Å². The molecule has 5 aliphatic rings. The molecule has 0 amide bonds. The fourth-order valence-corrected chi connectivity index (χ4v) is 7.46. The number of carbonyl (C=O) groups is 1. The van der Waals surface area contributed by atoms with E-state index in [4.69, 9.17) is 0 Å². The fraction of sp³-hybridized carbons (Fsp3) is 0.810. The minimum absolute atomic E-state index is 0.119. The van der Waals surface area contributed by atoms with Gasteiger partial charge in [0.15, 0.2) is 5.78 Å². The lowest BCUT2D eigenvalue weighted by atomic mass is 9.49. The number of hydrogen-bond acceptors (Lipinski definition) is 2. The standard InChI is InChI=1S/C21H27NO/c1-20(11-22)7-6-18-19-14(5-8-21(18,20)2)13-4-3-12(23)9-15(13)16-10-17(16)19/h9,13-14,16-19H,3-8,10H2,1-2H3/t13-,14-,16-,17-,18+,19+,20-,21+/m1/s1. The van der Waals surface area contributed by atoms with Gasteiger partial charge >= 0.3 is 0 Å². The summed E-state index contributed by atoms with van der Waals surface area (Å²) < 4.78 is 0.